The third-order valence-electron chi connectivity index (χ3n) is 3.44. The first kappa shape index (κ1) is 24.1. The van der Waals surface area contributed by atoms with Gasteiger partial charge in [-0.05, 0) is 18.8 Å². The summed E-state index contributed by atoms with van der Waals surface area (Å²) in [5.41, 5.74) is 15.7. The second-order valence-electron chi connectivity index (χ2n) is 6.11. The molecule has 0 fully saturated rings. The van der Waals surface area contributed by atoms with Gasteiger partial charge >= 0.3 is 5.97 Å². The van der Waals surface area contributed by atoms with Crippen LogP contribution in [-0.2, 0) is 19.2 Å². The number of nitrogens with two attached hydrogens (primary N) is 3. The molecule has 0 aliphatic heterocycles. The van der Waals surface area contributed by atoms with Crippen molar-refractivity contribution in [3.05, 3.63) is 0 Å². The van der Waals surface area contributed by atoms with Gasteiger partial charge in [-0.1, -0.05) is 13.8 Å². The molecule has 12 heteroatoms. The normalized spacial score (nSPS) is 12.6. The molecule has 0 saturated carbocycles. The molecule has 0 aliphatic rings. The van der Waals surface area contributed by atoms with Crippen LogP contribution in [0.15, 0.2) is 4.99 Å². The van der Waals surface area contributed by atoms with Crippen LogP contribution in [-0.4, -0.2) is 66.5 Å². The Morgan fingerprint density at radius 3 is 2.19 bits per heavy atom. The van der Waals surface area contributed by atoms with Gasteiger partial charge in [-0.3, -0.25) is 24.2 Å². The number of aliphatic imine (C=N–C) groups is 1. The van der Waals surface area contributed by atoms with Crippen molar-refractivity contribution in [2.45, 2.75) is 38.8 Å². The zero-order valence-corrected chi connectivity index (χ0v) is 15.5. The minimum Gasteiger partial charge on any atom is -0.480 e. The summed E-state index contributed by atoms with van der Waals surface area (Å²) < 4.78 is 0. The Labute approximate surface area is 157 Å². The van der Waals surface area contributed by atoms with E-state index < -0.39 is 42.3 Å². The Kier molecular flexibility index (Phi) is 11.1. The molecule has 0 aromatic rings. The first-order valence-corrected chi connectivity index (χ1v) is 8.43. The number of rotatable bonds is 12. The fourth-order valence-electron chi connectivity index (χ4n) is 2.09. The molecule has 3 amide bonds. The Morgan fingerprint density at radius 1 is 1.07 bits per heavy atom. The minimum atomic E-state index is -1.20. The molecule has 0 saturated heterocycles. The van der Waals surface area contributed by atoms with Crippen LogP contribution in [0, 0.1) is 5.92 Å². The molecule has 2 unspecified atom stereocenters. The molecule has 0 spiro atoms. The Morgan fingerprint density at radius 2 is 1.70 bits per heavy atom. The van der Waals surface area contributed by atoms with Crippen molar-refractivity contribution in [2.24, 2.45) is 28.1 Å². The van der Waals surface area contributed by atoms with E-state index in [-0.39, 0.29) is 31.4 Å². The highest BCUT2D eigenvalue weighted by Crippen LogP contribution is 2.05. The molecule has 2 atom stereocenters. The fourth-order valence-corrected chi connectivity index (χ4v) is 2.09. The standard InChI is InChI=1S/C15H29N7O5/c1-8(2)12(14(27)20-7-11(24)25)22-13(26)9(21-10(23)6-16)4-3-5-19-15(17)18/h8-9,12H,3-7,16H2,1-2H3,(H,20,27)(H,21,23)(H,22,26)(H,24,25)(H4,17,18,19). The monoisotopic (exact) mass is 387 g/mol. The van der Waals surface area contributed by atoms with Gasteiger partial charge in [-0.25, -0.2) is 0 Å². The SMILES string of the molecule is CC(C)C(NC(=O)C(CCCN=C(N)N)NC(=O)CN)C(=O)NCC(=O)O. The number of nitrogens with one attached hydrogen (secondary N) is 3. The van der Waals surface area contributed by atoms with Crippen molar-refractivity contribution < 1.29 is 24.3 Å². The van der Waals surface area contributed by atoms with Crippen molar-refractivity contribution in [2.75, 3.05) is 19.6 Å². The van der Waals surface area contributed by atoms with E-state index in [0.717, 1.165) is 0 Å². The highest BCUT2D eigenvalue weighted by molar-refractivity contribution is 5.93. The third kappa shape index (κ3) is 10.6. The molecule has 0 aromatic carbocycles. The lowest BCUT2D eigenvalue weighted by Crippen LogP contribution is -2.56. The molecular formula is C15H29N7O5. The van der Waals surface area contributed by atoms with Crippen LogP contribution in [0.1, 0.15) is 26.7 Å². The van der Waals surface area contributed by atoms with Crippen molar-refractivity contribution in [1.29, 1.82) is 0 Å². The minimum absolute atomic E-state index is 0.0861. The third-order valence-corrected chi connectivity index (χ3v) is 3.44. The van der Waals surface area contributed by atoms with E-state index in [1.807, 2.05) is 0 Å². The number of hydrogen-bond donors (Lipinski definition) is 7. The molecule has 0 aromatic heterocycles. The Balaban J connectivity index is 5.01. The summed E-state index contributed by atoms with van der Waals surface area (Å²) in [7, 11) is 0. The molecule has 27 heavy (non-hydrogen) atoms. The summed E-state index contributed by atoms with van der Waals surface area (Å²) >= 11 is 0. The number of carbonyl (C=O) groups is 4. The van der Waals surface area contributed by atoms with E-state index in [1.54, 1.807) is 13.8 Å². The zero-order valence-electron chi connectivity index (χ0n) is 15.5. The van der Waals surface area contributed by atoms with Gasteiger partial charge in [-0.2, -0.15) is 0 Å². The van der Waals surface area contributed by atoms with Crippen LogP contribution in [0.25, 0.3) is 0 Å². The predicted molar refractivity (Wildman–Crippen MR) is 98.3 cm³/mol. The summed E-state index contributed by atoms with van der Waals surface area (Å²) in [6.07, 6.45) is 0.619. The maximum atomic E-state index is 12.5. The van der Waals surface area contributed by atoms with E-state index >= 15 is 0 Å². The molecule has 0 rings (SSSR count). The van der Waals surface area contributed by atoms with Gasteiger partial charge in [0.2, 0.25) is 17.7 Å². The number of amides is 3. The number of carbonyl (C=O) groups excluding carboxylic acids is 3. The number of aliphatic carboxylic acids is 1. The molecule has 0 heterocycles. The zero-order chi connectivity index (χ0) is 21.0. The first-order valence-electron chi connectivity index (χ1n) is 8.43. The van der Waals surface area contributed by atoms with E-state index in [9.17, 15) is 19.2 Å². The maximum Gasteiger partial charge on any atom is 0.322 e. The molecule has 0 aliphatic carbocycles. The smallest absolute Gasteiger partial charge is 0.322 e. The first-order chi connectivity index (χ1) is 12.6. The topological polar surface area (TPSA) is 215 Å². The molecular weight excluding hydrogens is 358 g/mol. The van der Waals surface area contributed by atoms with E-state index in [4.69, 9.17) is 22.3 Å². The van der Waals surface area contributed by atoms with Crippen molar-refractivity contribution >= 4 is 29.7 Å². The van der Waals surface area contributed by atoms with Crippen LogP contribution in [0.3, 0.4) is 0 Å². The lowest BCUT2D eigenvalue weighted by Gasteiger charge is -2.25. The van der Waals surface area contributed by atoms with Gasteiger partial charge in [0.05, 0.1) is 6.54 Å². The molecule has 0 bridgehead atoms. The quantitative estimate of drug-likeness (QED) is 0.103. The molecule has 154 valence electrons. The van der Waals surface area contributed by atoms with Crippen molar-refractivity contribution in [3.8, 4) is 0 Å². The highest BCUT2D eigenvalue weighted by Gasteiger charge is 2.28. The van der Waals surface area contributed by atoms with Crippen molar-refractivity contribution in [3.63, 3.8) is 0 Å². The molecule has 12 nitrogen and oxygen atoms in total. The lowest BCUT2D eigenvalue weighted by atomic mass is 10.0. The van der Waals surface area contributed by atoms with Gasteiger partial charge in [0.15, 0.2) is 5.96 Å². The molecule has 10 N–H and O–H groups in total. The number of carboxylic acid groups (broad SMARTS) is 1. The van der Waals surface area contributed by atoms with Crippen molar-refractivity contribution in [1.82, 2.24) is 16.0 Å². The highest BCUT2D eigenvalue weighted by atomic mass is 16.4. The van der Waals surface area contributed by atoms with Gasteiger partial charge < -0.3 is 38.3 Å². The average Bonchev–Trinajstić information content (AvgIpc) is 2.58. The predicted octanol–water partition coefficient (Wildman–Crippen LogP) is -3.17. The largest absolute Gasteiger partial charge is 0.480 e. The maximum absolute atomic E-state index is 12.5. The van der Waals surface area contributed by atoms with Gasteiger partial charge in [0.25, 0.3) is 0 Å². The summed E-state index contributed by atoms with van der Waals surface area (Å²) in [5.74, 6) is -3.36. The van der Waals surface area contributed by atoms with Crippen LogP contribution in [0.4, 0.5) is 0 Å². The summed E-state index contributed by atoms with van der Waals surface area (Å²) in [5, 5.41) is 15.9. The van der Waals surface area contributed by atoms with E-state index in [1.165, 1.54) is 0 Å². The second-order valence-corrected chi connectivity index (χ2v) is 6.11. The Hall–Kier alpha value is -2.89. The summed E-state index contributed by atoms with van der Waals surface area (Å²) in [4.78, 5) is 50.6. The number of nitrogens with zero attached hydrogens (tertiary/aromatic N) is 1. The van der Waals surface area contributed by atoms with Gasteiger partial charge in [0, 0.05) is 6.54 Å². The van der Waals surface area contributed by atoms with Crippen LogP contribution >= 0.6 is 0 Å². The second kappa shape index (κ2) is 12.5. The number of guanidine groups is 1. The number of hydrogen-bond acceptors (Lipinski definition) is 6. The number of carboxylic acids is 1. The summed E-state index contributed by atoms with van der Waals surface area (Å²) in [6.45, 7) is 2.78. The molecule has 0 radical (unpaired) electrons. The van der Waals surface area contributed by atoms with Crippen LogP contribution < -0.4 is 33.2 Å². The lowest BCUT2D eigenvalue weighted by molar-refractivity contribution is -0.138. The van der Waals surface area contributed by atoms with Crippen LogP contribution in [0.2, 0.25) is 0 Å². The summed E-state index contributed by atoms with van der Waals surface area (Å²) in [6, 6.07) is -1.91. The Bertz CT molecular complexity index is 561. The van der Waals surface area contributed by atoms with Gasteiger partial charge in [-0.15, -0.1) is 0 Å². The van der Waals surface area contributed by atoms with E-state index in [0.29, 0.717) is 6.42 Å². The van der Waals surface area contributed by atoms with Gasteiger partial charge in [0.1, 0.15) is 18.6 Å². The average molecular weight is 387 g/mol. The van der Waals surface area contributed by atoms with Crippen LogP contribution in [0.5, 0.6) is 0 Å². The van der Waals surface area contributed by atoms with E-state index in [2.05, 4.69) is 20.9 Å². The fraction of sp³-hybridized carbons (Fsp3) is 0.667.